The number of hydrogen-bond donors (Lipinski definition) is 22. The van der Waals surface area contributed by atoms with Crippen LogP contribution >= 0.6 is 0 Å². The lowest BCUT2D eigenvalue weighted by Crippen LogP contribution is -2.62. The van der Waals surface area contributed by atoms with E-state index >= 15 is 0 Å². The number of alkyl carbamates (subject to hydrolysis) is 1. The van der Waals surface area contributed by atoms with Gasteiger partial charge in [0.2, 0.25) is 82.7 Å². The number of para-hydroxylation sites is 2. The van der Waals surface area contributed by atoms with Gasteiger partial charge in [-0.15, -0.1) is 0 Å². The van der Waals surface area contributed by atoms with Crippen molar-refractivity contribution in [3.63, 3.8) is 0 Å². The smallest absolute Gasteiger partial charge is 0.407 e. The number of hydrogen-bond acceptors (Lipinski definition) is 25. The molecule has 45 nitrogen and oxygen atoms in total. The standard InChI is InChI=1S/C76H105N17O28/c1-6-8-9-10-11-12-13-24-56(97)85-47(28-41-34-80-45-22-17-15-19-42(41)45)69(112)88-48(30-55(78)96)70(113)90-51(33-62(106)107)71(114)93-64-40(5)121-75(118)52(29-54(95)43-20-14-16-21-44(43)77)91-74(117)63(38(3)27-59(100)101)92-72(115)53(37-94)86-58(99)35-81-66(109)49(31-60(102)103)87-65(108)39(4)83-68(111)50(32-61(104)105)89-67(110)46(84-57(98)36-82-73(64)116)23-18-25-79-76(119)120-26-7-2/h7,14-17,19-22,34,38-40,46-53,63-64,80,94H,2,6,8-13,18,23-33,35-37,77H2,1,3-5H3,(H2,78,96)(H,79,119)(H,81,109)(H,82,116)(H,83,111)(H,84,98)(H,85,97)(H,86,99)(H,87,108)(H,88,112)(H,89,110)(H,90,113)(H,91,117)(H,92,115)(H,93,114)(H,100,101)(H,102,103)(H,104,105)(H,106,107)/t38-,39-,40?,46+,47+,48+,49+,50?,51+,52+,53-,63?,64?/m1/s1. The molecule has 1 aromatic heterocycles. The number of aromatic nitrogens is 1. The van der Waals surface area contributed by atoms with Crippen LogP contribution in [-0.4, -0.2) is 260 Å². The van der Waals surface area contributed by atoms with Gasteiger partial charge in [-0.2, -0.15) is 0 Å². The van der Waals surface area contributed by atoms with Gasteiger partial charge in [-0.25, -0.2) is 9.59 Å². The van der Waals surface area contributed by atoms with Gasteiger partial charge in [-0.1, -0.05) is 95.4 Å². The Morgan fingerprint density at radius 2 is 1.14 bits per heavy atom. The monoisotopic (exact) mass is 1700 g/mol. The maximum atomic E-state index is 14.9. The lowest BCUT2D eigenvalue weighted by molar-refractivity contribution is -0.156. The van der Waals surface area contributed by atoms with E-state index in [1.165, 1.54) is 30.3 Å². The molecular weight excluding hydrogens is 1600 g/mol. The van der Waals surface area contributed by atoms with E-state index in [0.717, 1.165) is 52.9 Å². The number of cyclic esters (lactones) is 1. The van der Waals surface area contributed by atoms with Gasteiger partial charge in [0.05, 0.1) is 51.8 Å². The molecule has 2 aromatic carbocycles. The average molecular weight is 1700 g/mol. The summed E-state index contributed by atoms with van der Waals surface area (Å²) in [5.74, 6) is -30.3. The predicted octanol–water partition coefficient (Wildman–Crippen LogP) is -4.67. The molecule has 1 aliphatic rings. The molecule has 1 fully saturated rings. The number of nitrogen functional groups attached to an aromatic ring is 1. The number of H-pyrrole nitrogens is 1. The quantitative estimate of drug-likeness (QED) is 0.00843. The van der Waals surface area contributed by atoms with Crippen molar-refractivity contribution in [2.24, 2.45) is 11.7 Å². The van der Waals surface area contributed by atoms with Gasteiger partial charge in [-0.05, 0) is 62.8 Å². The number of ether oxygens (including phenoxy) is 2. The Hall–Kier alpha value is -13.6. The number of nitrogens with two attached hydrogens (primary N) is 2. The zero-order valence-corrected chi connectivity index (χ0v) is 66.8. The average Bonchev–Trinajstić information content (AvgIpc) is 1.43. The van der Waals surface area contributed by atoms with Crippen LogP contribution in [-0.2, 0) is 107 Å². The number of aliphatic hydroxyl groups is 1. The normalized spacial score (nSPS) is 20.6. The number of aliphatic hydroxyl groups excluding tert-OH is 1. The molecule has 0 bridgehead atoms. The highest BCUT2D eigenvalue weighted by Crippen LogP contribution is 2.22. The van der Waals surface area contributed by atoms with Gasteiger partial charge in [-0.3, -0.25) is 91.1 Å². The molecule has 662 valence electrons. The molecule has 4 unspecified atom stereocenters. The topological polar surface area (TPSA) is 714 Å². The fraction of sp³-hybridized carbons (Fsp3) is 0.513. The molecule has 45 heteroatoms. The highest BCUT2D eigenvalue weighted by Gasteiger charge is 2.41. The Kier molecular flexibility index (Phi) is 41.9. The number of carboxylic acids is 4. The van der Waals surface area contributed by atoms with Crippen LogP contribution in [0, 0.1) is 5.92 Å². The number of fused-ring (bicyclic) bond motifs is 1. The second kappa shape index (κ2) is 50.9. The molecule has 2 heterocycles. The van der Waals surface area contributed by atoms with Gasteiger partial charge < -0.3 is 126 Å². The minimum Gasteiger partial charge on any atom is -0.481 e. The fourth-order valence-corrected chi connectivity index (χ4v) is 12.1. The third-order valence-electron chi connectivity index (χ3n) is 18.4. The Bertz CT molecular complexity index is 4270. The first-order valence-electron chi connectivity index (χ1n) is 38.5. The summed E-state index contributed by atoms with van der Waals surface area (Å²) in [6.45, 7) is 3.96. The number of amides is 15. The van der Waals surface area contributed by atoms with Crippen molar-refractivity contribution in [2.45, 2.75) is 209 Å². The highest BCUT2D eigenvalue weighted by atomic mass is 16.6. The number of ketones is 1. The van der Waals surface area contributed by atoms with Crippen molar-refractivity contribution in [2.75, 3.05) is 38.6 Å². The molecule has 121 heavy (non-hydrogen) atoms. The zero-order chi connectivity index (χ0) is 90.2. The lowest BCUT2D eigenvalue weighted by atomic mass is 9.96. The summed E-state index contributed by atoms with van der Waals surface area (Å²) >= 11 is 0. The van der Waals surface area contributed by atoms with Crippen molar-refractivity contribution >= 4 is 141 Å². The largest absolute Gasteiger partial charge is 0.481 e. The molecule has 0 spiro atoms. The Morgan fingerprint density at radius 3 is 1.75 bits per heavy atom. The van der Waals surface area contributed by atoms with Gasteiger partial charge in [0.1, 0.15) is 79.2 Å². The fourth-order valence-electron chi connectivity index (χ4n) is 12.1. The van der Waals surface area contributed by atoms with E-state index in [-0.39, 0.29) is 43.7 Å². The Labute approximate surface area is 691 Å². The third-order valence-corrected chi connectivity index (χ3v) is 18.4. The van der Waals surface area contributed by atoms with Crippen molar-refractivity contribution < 1.29 is 136 Å². The minimum atomic E-state index is -2.50. The third kappa shape index (κ3) is 35.2. The van der Waals surface area contributed by atoms with Crippen molar-refractivity contribution in [3.05, 3.63) is 78.5 Å². The number of anilines is 1. The summed E-state index contributed by atoms with van der Waals surface area (Å²) < 4.78 is 10.6. The van der Waals surface area contributed by atoms with Crippen molar-refractivity contribution in [3.8, 4) is 0 Å². The van der Waals surface area contributed by atoms with Crippen LogP contribution < -0.4 is 85.9 Å². The van der Waals surface area contributed by atoms with E-state index in [1.807, 2.05) is 16.0 Å². The number of carboxylic acid groups (broad SMARTS) is 4. The summed E-state index contributed by atoms with van der Waals surface area (Å²) in [6.07, 6.45) is -2.73. The number of Topliss-reactive ketones (excluding diaryl/α,β-unsaturated/α-hetero) is 1. The van der Waals surface area contributed by atoms with Crippen molar-refractivity contribution in [1.82, 2.24) is 79.4 Å². The highest BCUT2D eigenvalue weighted by molar-refractivity contribution is 6.05. The van der Waals surface area contributed by atoms with Crippen LogP contribution in [0.4, 0.5) is 10.5 Å². The number of aliphatic carboxylic acids is 4. The van der Waals surface area contributed by atoms with Crippen LogP contribution in [0.2, 0.25) is 0 Å². The summed E-state index contributed by atoms with van der Waals surface area (Å²) in [5.41, 5.74) is 12.3. The molecule has 0 aliphatic carbocycles. The Morgan fingerprint density at radius 1 is 0.587 bits per heavy atom. The maximum absolute atomic E-state index is 14.9. The number of benzene rings is 2. The van der Waals surface area contributed by atoms with E-state index in [2.05, 4.69) is 77.0 Å². The maximum Gasteiger partial charge on any atom is 0.407 e. The molecule has 4 rings (SSSR count). The molecule has 15 amide bonds. The number of primary amides is 1. The second-order valence-corrected chi connectivity index (χ2v) is 28.3. The molecule has 0 saturated carbocycles. The van der Waals surface area contributed by atoms with Gasteiger partial charge >= 0.3 is 35.9 Å². The van der Waals surface area contributed by atoms with Gasteiger partial charge in [0, 0.05) is 54.2 Å². The summed E-state index contributed by atoms with van der Waals surface area (Å²) in [6, 6.07) is -11.1. The van der Waals surface area contributed by atoms with E-state index in [9.17, 15) is 126 Å². The van der Waals surface area contributed by atoms with E-state index in [1.54, 1.807) is 30.5 Å². The van der Waals surface area contributed by atoms with E-state index in [4.69, 9.17) is 20.9 Å². The first-order valence-corrected chi connectivity index (χ1v) is 38.5. The van der Waals surface area contributed by atoms with Gasteiger partial charge in [0.25, 0.3) is 0 Å². The van der Waals surface area contributed by atoms with Gasteiger partial charge in [0.15, 0.2) is 5.78 Å². The summed E-state index contributed by atoms with van der Waals surface area (Å²) in [4.78, 5) is 290. The number of nitrogens with one attached hydrogen (secondary N) is 15. The summed E-state index contributed by atoms with van der Waals surface area (Å²) in [7, 11) is 0. The number of rotatable bonds is 38. The molecular formula is C76H105N17O28. The molecule has 24 N–H and O–H groups in total. The molecule has 3 aromatic rings. The second-order valence-electron chi connectivity index (χ2n) is 28.3. The Balaban J connectivity index is 1.91. The zero-order valence-electron chi connectivity index (χ0n) is 66.8. The number of carbonyl (C=O) groups is 21. The van der Waals surface area contributed by atoms with Crippen molar-refractivity contribution in [1.29, 1.82) is 0 Å². The first kappa shape index (κ1) is 99.7. The molecule has 0 radical (unpaired) electrons. The van der Waals surface area contributed by atoms with E-state index in [0.29, 0.717) is 29.3 Å². The number of unbranched alkanes of at least 4 members (excludes halogenated alkanes) is 6. The van der Waals surface area contributed by atoms with E-state index < -0.39 is 268 Å². The van der Waals surface area contributed by atoms with Crippen LogP contribution in [0.5, 0.6) is 0 Å². The molecule has 13 atom stereocenters. The first-order chi connectivity index (χ1) is 57.2. The lowest BCUT2D eigenvalue weighted by Gasteiger charge is -2.30. The number of esters is 1. The SMILES string of the molecule is C=CCOC(=O)NCCC[C@@H]1NC(=O)CNC(=O)C(NC(=O)[C@H](CC(=O)O)NC(=O)[C@H](CC(N)=O)NC(=O)[C@H](Cc2c[nH]c3ccccc23)NC(=O)CCCCCCCCC)C(C)OC(=O)[C@H](CC(=O)c2ccccc2N)NC(=O)C([C@H](C)CC(=O)O)NC(=O)[C@@H](CO)NC(=O)CNC(=O)[C@H](CC(=O)O)NC(=O)[C@@H](C)NC(=O)C(CC(=O)O)NC1=O. The van der Waals surface area contributed by atoms with Crippen LogP contribution in [0.1, 0.15) is 146 Å². The summed E-state index contributed by atoms with van der Waals surface area (Å²) in [5, 5.41) is 81.1. The predicted molar refractivity (Wildman–Crippen MR) is 421 cm³/mol. The van der Waals surface area contributed by atoms with Crippen LogP contribution in [0.25, 0.3) is 10.9 Å². The molecule has 1 aliphatic heterocycles. The number of carbonyl (C=O) groups excluding carboxylic acids is 17. The molecule has 1 saturated heterocycles. The minimum absolute atomic E-state index is 0.0307. The van der Waals surface area contributed by atoms with Crippen LogP contribution in [0.3, 0.4) is 0 Å². The van der Waals surface area contributed by atoms with Crippen LogP contribution in [0.15, 0.2) is 67.4 Å². The number of aromatic amines is 1.